The summed E-state index contributed by atoms with van der Waals surface area (Å²) in [5, 5.41) is 4.85. The highest BCUT2D eigenvalue weighted by Gasteiger charge is 2.05. The monoisotopic (exact) mass is 216 g/mol. The molecular formula is C14H20N2. The van der Waals surface area contributed by atoms with E-state index in [0.29, 0.717) is 0 Å². The van der Waals surface area contributed by atoms with Gasteiger partial charge in [-0.25, -0.2) is 0 Å². The lowest BCUT2D eigenvalue weighted by molar-refractivity contribution is 0.674. The van der Waals surface area contributed by atoms with Gasteiger partial charge in [-0.1, -0.05) is 25.1 Å². The molecule has 0 aliphatic rings. The fraction of sp³-hybridized carbons (Fsp3) is 0.429. The van der Waals surface area contributed by atoms with Crippen molar-refractivity contribution in [3.8, 4) is 0 Å². The maximum Gasteiger partial charge on any atom is 0.0483 e. The molecule has 0 amide bonds. The molecule has 1 aromatic carbocycles. The van der Waals surface area contributed by atoms with Crippen molar-refractivity contribution in [2.75, 3.05) is 6.54 Å². The van der Waals surface area contributed by atoms with Crippen LogP contribution in [0.2, 0.25) is 0 Å². The highest BCUT2D eigenvalue weighted by atomic mass is 15.0. The Morgan fingerprint density at radius 1 is 1.19 bits per heavy atom. The van der Waals surface area contributed by atoms with Crippen LogP contribution in [0.1, 0.15) is 25.8 Å². The van der Waals surface area contributed by atoms with Crippen LogP contribution in [-0.2, 0) is 13.1 Å². The summed E-state index contributed by atoms with van der Waals surface area (Å²) in [5.41, 5.74) is 2.75. The average molecular weight is 216 g/mol. The van der Waals surface area contributed by atoms with Crippen LogP contribution >= 0.6 is 0 Å². The van der Waals surface area contributed by atoms with Gasteiger partial charge in [0.15, 0.2) is 0 Å². The molecule has 0 radical (unpaired) electrons. The molecule has 0 atom stereocenters. The summed E-state index contributed by atoms with van der Waals surface area (Å²) in [6.07, 6.45) is 3.46. The molecule has 2 aromatic rings. The molecule has 2 nitrogen and oxygen atoms in total. The number of para-hydroxylation sites is 1. The lowest BCUT2D eigenvalue weighted by Crippen LogP contribution is -2.13. The molecule has 0 fully saturated rings. The summed E-state index contributed by atoms with van der Waals surface area (Å²) in [5.74, 6) is 0. The number of nitrogens with one attached hydrogen (secondary N) is 1. The van der Waals surface area contributed by atoms with Gasteiger partial charge in [0.25, 0.3) is 0 Å². The van der Waals surface area contributed by atoms with Crippen molar-refractivity contribution in [3.05, 3.63) is 36.0 Å². The Kier molecular flexibility index (Phi) is 3.62. The minimum atomic E-state index is 0.974. The Morgan fingerprint density at radius 3 is 2.75 bits per heavy atom. The van der Waals surface area contributed by atoms with E-state index in [2.05, 4.69) is 54.2 Å². The van der Waals surface area contributed by atoms with Gasteiger partial charge >= 0.3 is 0 Å². The van der Waals surface area contributed by atoms with Gasteiger partial charge in [0.2, 0.25) is 0 Å². The van der Waals surface area contributed by atoms with Crippen LogP contribution in [-0.4, -0.2) is 11.1 Å². The topological polar surface area (TPSA) is 17.0 Å². The third kappa shape index (κ3) is 2.12. The van der Waals surface area contributed by atoms with Gasteiger partial charge in [-0.2, -0.15) is 0 Å². The van der Waals surface area contributed by atoms with Gasteiger partial charge in [-0.05, 0) is 31.5 Å². The molecule has 0 saturated heterocycles. The Bertz CT molecular complexity index is 457. The van der Waals surface area contributed by atoms with Crippen LogP contribution in [0.25, 0.3) is 10.9 Å². The van der Waals surface area contributed by atoms with E-state index in [-0.39, 0.29) is 0 Å². The molecule has 1 aromatic heterocycles. The average Bonchev–Trinajstić information content (AvgIpc) is 2.68. The number of aromatic nitrogens is 1. The quantitative estimate of drug-likeness (QED) is 0.760. The SMILES string of the molecule is CCCNCc1cn(CC)c2ccccc12. The van der Waals surface area contributed by atoms with E-state index in [1.165, 1.54) is 22.9 Å². The van der Waals surface area contributed by atoms with Gasteiger partial charge in [-0.15, -0.1) is 0 Å². The minimum absolute atomic E-state index is 0.974. The number of nitrogens with zero attached hydrogens (tertiary/aromatic N) is 1. The van der Waals surface area contributed by atoms with Crippen molar-refractivity contribution < 1.29 is 0 Å². The number of hydrogen-bond donors (Lipinski definition) is 1. The molecular weight excluding hydrogens is 196 g/mol. The van der Waals surface area contributed by atoms with Crippen LogP contribution in [0.3, 0.4) is 0 Å². The molecule has 0 unspecified atom stereocenters. The largest absolute Gasteiger partial charge is 0.347 e. The Labute approximate surface area is 97.3 Å². The first kappa shape index (κ1) is 11.2. The molecule has 0 spiro atoms. The van der Waals surface area contributed by atoms with E-state index >= 15 is 0 Å². The van der Waals surface area contributed by atoms with Gasteiger partial charge < -0.3 is 9.88 Å². The normalized spacial score (nSPS) is 11.1. The molecule has 0 aliphatic heterocycles. The molecule has 0 aliphatic carbocycles. The zero-order chi connectivity index (χ0) is 11.4. The van der Waals surface area contributed by atoms with Gasteiger partial charge in [0.05, 0.1) is 0 Å². The predicted molar refractivity (Wildman–Crippen MR) is 69.6 cm³/mol. The Balaban J connectivity index is 2.30. The second kappa shape index (κ2) is 5.17. The number of hydrogen-bond acceptors (Lipinski definition) is 1. The number of fused-ring (bicyclic) bond motifs is 1. The van der Waals surface area contributed by atoms with Crippen molar-refractivity contribution in [3.63, 3.8) is 0 Å². The first-order chi connectivity index (χ1) is 7.86. The summed E-state index contributed by atoms with van der Waals surface area (Å²) < 4.78 is 2.32. The summed E-state index contributed by atoms with van der Waals surface area (Å²) in [6, 6.07) is 8.63. The summed E-state index contributed by atoms with van der Waals surface area (Å²) in [7, 11) is 0. The number of rotatable bonds is 5. The van der Waals surface area contributed by atoms with Gasteiger partial charge in [0.1, 0.15) is 0 Å². The highest BCUT2D eigenvalue weighted by molar-refractivity contribution is 5.83. The van der Waals surface area contributed by atoms with E-state index in [1.54, 1.807) is 0 Å². The number of aryl methyl sites for hydroxylation is 1. The second-order valence-electron chi connectivity index (χ2n) is 4.13. The summed E-state index contributed by atoms with van der Waals surface area (Å²) >= 11 is 0. The van der Waals surface area contributed by atoms with E-state index < -0.39 is 0 Å². The smallest absolute Gasteiger partial charge is 0.0483 e. The maximum absolute atomic E-state index is 3.47. The minimum Gasteiger partial charge on any atom is -0.347 e. The highest BCUT2D eigenvalue weighted by Crippen LogP contribution is 2.20. The van der Waals surface area contributed by atoms with Crippen LogP contribution in [0.5, 0.6) is 0 Å². The van der Waals surface area contributed by atoms with Crippen molar-refractivity contribution in [1.29, 1.82) is 0 Å². The predicted octanol–water partition coefficient (Wildman–Crippen LogP) is 3.16. The standard InChI is InChI=1S/C14H20N2/c1-3-9-15-10-12-11-16(4-2)14-8-6-5-7-13(12)14/h5-8,11,15H,3-4,9-10H2,1-2H3. The zero-order valence-electron chi connectivity index (χ0n) is 10.2. The lowest BCUT2D eigenvalue weighted by Gasteiger charge is -2.00. The molecule has 86 valence electrons. The third-order valence-electron chi connectivity index (χ3n) is 2.95. The zero-order valence-corrected chi connectivity index (χ0v) is 10.2. The Hall–Kier alpha value is -1.28. The fourth-order valence-corrected chi connectivity index (χ4v) is 2.13. The van der Waals surface area contributed by atoms with Crippen LogP contribution in [0.4, 0.5) is 0 Å². The fourth-order valence-electron chi connectivity index (χ4n) is 2.13. The molecule has 16 heavy (non-hydrogen) atoms. The second-order valence-corrected chi connectivity index (χ2v) is 4.13. The molecule has 0 saturated carbocycles. The molecule has 1 heterocycles. The maximum atomic E-state index is 3.47. The summed E-state index contributed by atoms with van der Waals surface area (Å²) in [4.78, 5) is 0. The van der Waals surface area contributed by atoms with Crippen LogP contribution in [0.15, 0.2) is 30.5 Å². The van der Waals surface area contributed by atoms with Gasteiger partial charge in [0, 0.05) is 30.2 Å². The third-order valence-corrected chi connectivity index (χ3v) is 2.95. The molecule has 2 heteroatoms. The molecule has 0 bridgehead atoms. The molecule has 1 N–H and O–H groups in total. The van der Waals surface area contributed by atoms with Crippen molar-refractivity contribution in [2.24, 2.45) is 0 Å². The van der Waals surface area contributed by atoms with E-state index in [4.69, 9.17) is 0 Å². The number of benzene rings is 1. The first-order valence-corrected chi connectivity index (χ1v) is 6.14. The van der Waals surface area contributed by atoms with Crippen molar-refractivity contribution in [2.45, 2.75) is 33.4 Å². The summed E-state index contributed by atoms with van der Waals surface area (Å²) in [6.45, 7) is 7.49. The van der Waals surface area contributed by atoms with Crippen LogP contribution < -0.4 is 5.32 Å². The Morgan fingerprint density at radius 2 is 2.00 bits per heavy atom. The van der Waals surface area contributed by atoms with Crippen LogP contribution in [0, 0.1) is 0 Å². The van der Waals surface area contributed by atoms with Crippen molar-refractivity contribution in [1.82, 2.24) is 9.88 Å². The first-order valence-electron chi connectivity index (χ1n) is 6.14. The van der Waals surface area contributed by atoms with Crippen molar-refractivity contribution >= 4 is 10.9 Å². The molecule has 2 rings (SSSR count). The van der Waals surface area contributed by atoms with Gasteiger partial charge in [-0.3, -0.25) is 0 Å². The lowest BCUT2D eigenvalue weighted by atomic mass is 10.2. The van der Waals surface area contributed by atoms with E-state index in [0.717, 1.165) is 19.6 Å². The van der Waals surface area contributed by atoms with E-state index in [9.17, 15) is 0 Å². The van der Waals surface area contributed by atoms with E-state index in [1.807, 2.05) is 0 Å².